The first-order valence-corrected chi connectivity index (χ1v) is 6.72. The van der Waals surface area contributed by atoms with Gasteiger partial charge in [-0.15, -0.1) is 0 Å². The zero-order valence-electron chi connectivity index (χ0n) is 12.1. The summed E-state index contributed by atoms with van der Waals surface area (Å²) in [5, 5.41) is 12.9. The van der Waals surface area contributed by atoms with E-state index in [0.717, 1.165) is 0 Å². The molecule has 2 N–H and O–H groups in total. The molecule has 0 bridgehead atoms. The van der Waals surface area contributed by atoms with Crippen LogP contribution in [0, 0.1) is 12.7 Å². The average molecular weight is 313 g/mol. The summed E-state index contributed by atoms with van der Waals surface area (Å²) in [4.78, 5) is 23.3. The number of rotatable bonds is 3. The van der Waals surface area contributed by atoms with Crippen LogP contribution in [0.2, 0.25) is 0 Å². The number of aromatic amines is 1. The first-order valence-electron chi connectivity index (χ1n) is 6.72. The van der Waals surface area contributed by atoms with Crippen molar-refractivity contribution in [1.82, 2.24) is 20.0 Å². The fraction of sp³-hybridized carbons (Fsp3) is 0.0667. The van der Waals surface area contributed by atoms with E-state index in [0.29, 0.717) is 22.8 Å². The lowest BCUT2D eigenvalue weighted by Crippen LogP contribution is -2.14. The number of H-pyrrole nitrogens is 1. The van der Waals surface area contributed by atoms with E-state index in [1.807, 2.05) is 0 Å². The van der Waals surface area contributed by atoms with Crippen LogP contribution in [0.1, 0.15) is 16.1 Å². The van der Waals surface area contributed by atoms with Crippen molar-refractivity contribution in [3.63, 3.8) is 0 Å². The molecule has 8 heteroatoms. The Kier molecular flexibility index (Phi) is 3.71. The highest BCUT2D eigenvalue weighted by Gasteiger charge is 2.16. The van der Waals surface area contributed by atoms with Crippen LogP contribution in [0.3, 0.4) is 0 Å². The van der Waals surface area contributed by atoms with E-state index in [9.17, 15) is 14.0 Å². The van der Waals surface area contributed by atoms with E-state index in [1.54, 1.807) is 6.92 Å². The van der Waals surface area contributed by atoms with Crippen molar-refractivity contribution in [2.45, 2.75) is 6.92 Å². The van der Waals surface area contributed by atoms with Gasteiger partial charge in [0.15, 0.2) is 5.82 Å². The molecule has 0 saturated carbocycles. The summed E-state index contributed by atoms with van der Waals surface area (Å²) >= 11 is 0. The SMILES string of the molecule is Cc1c(C(=O)Nc2ccc(F)cc2)cnn1-c1ccc(=O)[nH]n1. The number of nitrogens with one attached hydrogen (secondary N) is 2. The minimum Gasteiger partial charge on any atom is -0.322 e. The molecular weight excluding hydrogens is 301 g/mol. The number of amides is 1. The molecule has 0 fully saturated rings. The fourth-order valence-electron chi connectivity index (χ4n) is 2.05. The molecule has 7 nitrogen and oxygen atoms in total. The van der Waals surface area contributed by atoms with Gasteiger partial charge in [0, 0.05) is 11.8 Å². The second-order valence-corrected chi connectivity index (χ2v) is 4.80. The van der Waals surface area contributed by atoms with Crippen LogP contribution in [-0.4, -0.2) is 25.9 Å². The van der Waals surface area contributed by atoms with Crippen molar-refractivity contribution in [3.05, 3.63) is 70.0 Å². The maximum atomic E-state index is 12.9. The molecule has 0 aliphatic rings. The molecule has 0 aliphatic heterocycles. The molecule has 2 heterocycles. The lowest BCUT2D eigenvalue weighted by Gasteiger charge is -2.05. The summed E-state index contributed by atoms with van der Waals surface area (Å²) in [7, 11) is 0. The van der Waals surface area contributed by atoms with Gasteiger partial charge in [-0.3, -0.25) is 9.59 Å². The van der Waals surface area contributed by atoms with Crippen LogP contribution in [0.15, 0.2) is 47.4 Å². The maximum absolute atomic E-state index is 12.9. The number of hydrogen-bond acceptors (Lipinski definition) is 4. The molecule has 23 heavy (non-hydrogen) atoms. The molecule has 0 saturated heterocycles. The van der Waals surface area contributed by atoms with Crippen LogP contribution >= 0.6 is 0 Å². The van der Waals surface area contributed by atoms with Gasteiger partial charge < -0.3 is 5.32 Å². The van der Waals surface area contributed by atoms with Crippen LogP contribution in [0.25, 0.3) is 5.82 Å². The Bertz CT molecular complexity index is 894. The Morgan fingerprint density at radius 1 is 1.22 bits per heavy atom. The van der Waals surface area contributed by atoms with Crippen LogP contribution in [0.4, 0.5) is 10.1 Å². The summed E-state index contributed by atoms with van der Waals surface area (Å²) in [6.07, 6.45) is 1.40. The summed E-state index contributed by atoms with van der Waals surface area (Å²) in [6, 6.07) is 8.28. The van der Waals surface area contributed by atoms with Gasteiger partial charge in [0.05, 0.1) is 17.5 Å². The molecule has 116 valence electrons. The molecular formula is C15H12FN5O2. The normalized spacial score (nSPS) is 10.5. The highest BCUT2D eigenvalue weighted by Crippen LogP contribution is 2.14. The highest BCUT2D eigenvalue weighted by molar-refractivity contribution is 6.04. The van der Waals surface area contributed by atoms with Gasteiger partial charge in [0.1, 0.15) is 5.82 Å². The van der Waals surface area contributed by atoms with Crippen molar-refractivity contribution in [2.75, 3.05) is 5.32 Å². The van der Waals surface area contributed by atoms with Gasteiger partial charge >= 0.3 is 0 Å². The Morgan fingerprint density at radius 2 is 1.96 bits per heavy atom. The maximum Gasteiger partial charge on any atom is 0.264 e. The predicted octanol–water partition coefficient (Wildman–Crippen LogP) is 1.66. The van der Waals surface area contributed by atoms with E-state index >= 15 is 0 Å². The number of hydrogen-bond donors (Lipinski definition) is 2. The van der Waals surface area contributed by atoms with Crippen molar-refractivity contribution in [3.8, 4) is 5.82 Å². The summed E-state index contributed by atoms with van der Waals surface area (Å²) in [5.74, 6) is -0.358. The zero-order valence-corrected chi connectivity index (χ0v) is 12.1. The minimum atomic E-state index is -0.379. The van der Waals surface area contributed by atoms with Gasteiger partial charge in [-0.2, -0.15) is 10.2 Å². The van der Waals surface area contributed by atoms with E-state index in [4.69, 9.17) is 0 Å². The van der Waals surface area contributed by atoms with Crippen molar-refractivity contribution >= 4 is 11.6 Å². The van der Waals surface area contributed by atoms with E-state index < -0.39 is 0 Å². The molecule has 1 aromatic carbocycles. The highest BCUT2D eigenvalue weighted by atomic mass is 19.1. The Balaban J connectivity index is 1.86. The first kappa shape index (κ1) is 14.6. The molecule has 0 radical (unpaired) electrons. The number of halogens is 1. The number of nitrogens with zero attached hydrogens (tertiary/aromatic N) is 3. The quantitative estimate of drug-likeness (QED) is 0.769. The minimum absolute atomic E-state index is 0.326. The van der Waals surface area contributed by atoms with Crippen LogP contribution in [0.5, 0.6) is 0 Å². The lowest BCUT2D eigenvalue weighted by molar-refractivity contribution is 0.102. The number of aromatic nitrogens is 4. The summed E-state index contributed by atoms with van der Waals surface area (Å²) in [6.45, 7) is 1.71. The number of carbonyl (C=O) groups excluding carboxylic acids is 1. The monoisotopic (exact) mass is 313 g/mol. The van der Waals surface area contributed by atoms with E-state index in [-0.39, 0.29) is 17.3 Å². The smallest absolute Gasteiger partial charge is 0.264 e. The van der Waals surface area contributed by atoms with E-state index in [1.165, 1.54) is 47.3 Å². The van der Waals surface area contributed by atoms with Crippen LogP contribution in [-0.2, 0) is 0 Å². The molecule has 1 amide bonds. The Labute approximate surface area is 129 Å². The molecule has 0 aliphatic carbocycles. The van der Waals surface area contributed by atoms with Gasteiger partial charge in [-0.1, -0.05) is 0 Å². The lowest BCUT2D eigenvalue weighted by atomic mass is 10.2. The van der Waals surface area contributed by atoms with Crippen LogP contribution < -0.4 is 10.9 Å². The second kappa shape index (κ2) is 5.84. The molecule has 2 aromatic heterocycles. The molecule has 0 spiro atoms. The second-order valence-electron chi connectivity index (χ2n) is 4.80. The molecule has 0 atom stereocenters. The fourth-order valence-corrected chi connectivity index (χ4v) is 2.05. The Hall–Kier alpha value is -3.29. The van der Waals surface area contributed by atoms with E-state index in [2.05, 4.69) is 20.6 Å². The third-order valence-corrected chi connectivity index (χ3v) is 3.24. The number of anilines is 1. The largest absolute Gasteiger partial charge is 0.322 e. The predicted molar refractivity (Wildman–Crippen MR) is 81.1 cm³/mol. The third-order valence-electron chi connectivity index (χ3n) is 3.24. The van der Waals surface area contributed by atoms with Gasteiger partial charge in [0.25, 0.3) is 11.5 Å². The third kappa shape index (κ3) is 3.00. The van der Waals surface area contributed by atoms with Gasteiger partial charge in [0.2, 0.25) is 0 Å². The summed E-state index contributed by atoms with van der Waals surface area (Å²) < 4.78 is 14.3. The molecule has 3 aromatic rings. The number of benzene rings is 1. The first-order chi connectivity index (χ1) is 11.0. The molecule has 0 unspecified atom stereocenters. The number of carbonyl (C=O) groups is 1. The van der Waals surface area contributed by atoms with Crippen molar-refractivity contribution in [2.24, 2.45) is 0 Å². The van der Waals surface area contributed by atoms with Gasteiger partial charge in [-0.05, 0) is 37.3 Å². The topological polar surface area (TPSA) is 92.7 Å². The summed E-state index contributed by atoms with van der Waals surface area (Å²) in [5.41, 5.74) is 1.06. The van der Waals surface area contributed by atoms with Gasteiger partial charge in [-0.25, -0.2) is 14.2 Å². The Morgan fingerprint density at radius 3 is 2.61 bits per heavy atom. The van der Waals surface area contributed by atoms with Crippen molar-refractivity contribution < 1.29 is 9.18 Å². The average Bonchev–Trinajstić information content (AvgIpc) is 2.92. The molecule has 3 rings (SSSR count). The standard InChI is InChI=1S/C15H12FN5O2/c1-9-12(15(23)18-11-4-2-10(16)3-5-11)8-17-21(9)13-6-7-14(22)20-19-13/h2-8H,1H3,(H,18,23)(H,20,22). The zero-order chi connectivity index (χ0) is 16.4. The van der Waals surface area contributed by atoms with Crippen molar-refractivity contribution in [1.29, 1.82) is 0 Å².